The van der Waals surface area contributed by atoms with Crippen molar-refractivity contribution < 1.29 is 4.79 Å². The van der Waals surface area contributed by atoms with E-state index in [0.29, 0.717) is 10.0 Å². The van der Waals surface area contributed by atoms with Crippen molar-refractivity contribution >= 4 is 40.5 Å². The summed E-state index contributed by atoms with van der Waals surface area (Å²) in [6.07, 6.45) is 0. The second kappa shape index (κ2) is 5.51. The molecule has 3 rings (SSSR count). The Hall–Kier alpha value is -1.84. The minimum absolute atomic E-state index is 0.0596. The van der Waals surface area contributed by atoms with Crippen LogP contribution in [0.2, 0.25) is 10.0 Å². The summed E-state index contributed by atoms with van der Waals surface area (Å²) in [5.74, 6) is -0.0596. The highest BCUT2D eigenvalue weighted by Crippen LogP contribution is 2.29. The van der Waals surface area contributed by atoms with Gasteiger partial charge in [0.05, 0.1) is 11.4 Å². The summed E-state index contributed by atoms with van der Waals surface area (Å²) >= 11 is 12.2. The van der Waals surface area contributed by atoms with Gasteiger partial charge in [-0.15, -0.1) is 0 Å². The van der Waals surface area contributed by atoms with Crippen LogP contribution in [0, 0.1) is 0 Å². The highest BCUT2D eigenvalue weighted by Gasteiger charge is 2.22. The van der Waals surface area contributed by atoms with Crippen LogP contribution in [0.25, 0.3) is 0 Å². The quantitative estimate of drug-likeness (QED) is 0.787. The van der Waals surface area contributed by atoms with Gasteiger partial charge < -0.3 is 4.90 Å². The largest absolute Gasteiger partial charge is 0.313 e. The SMILES string of the molecule is CN1C(=O)CN=C(c2cccc(Cl)c2)c2cc(Cl)ccc21. The molecule has 0 N–H and O–H groups in total. The van der Waals surface area contributed by atoms with Gasteiger partial charge in [-0.3, -0.25) is 9.79 Å². The Bertz CT molecular complexity index is 756. The summed E-state index contributed by atoms with van der Waals surface area (Å²) in [5, 5.41) is 1.23. The zero-order chi connectivity index (χ0) is 15.0. The molecule has 106 valence electrons. The molecule has 0 aromatic heterocycles. The molecule has 0 unspecified atom stereocenters. The van der Waals surface area contributed by atoms with E-state index in [2.05, 4.69) is 4.99 Å². The minimum atomic E-state index is -0.0596. The van der Waals surface area contributed by atoms with Gasteiger partial charge in [-0.25, -0.2) is 0 Å². The summed E-state index contributed by atoms with van der Waals surface area (Å²) in [6, 6.07) is 12.9. The Morgan fingerprint density at radius 2 is 1.86 bits per heavy atom. The molecule has 1 amide bonds. The molecular formula is C16H12Cl2N2O. The zero-order valence-corrected chi connectivity index (χ0v) is 12.8. The molecule has 3 nitrogen and oxygen atoms in total. The summed E-state index contributed by atoms with van der Waals surface area (Å²) in [6.45, 7) is 0.102. The lowest BCUT2D eigenvalue weighted by Crippen LogP contribution is -2.27. The van der Waals surface area contributed by atoms with Crippen LogP contribution in [0.3, 0.4) is 0 Å². The predicted octanol–water partition coefficient (Wildman–Crippen LogP) is 3.81. The van der Waals surface area contributed by atoms with E-state index >= 15 is 0 Å². The van der Waals surface area contributed by atoms with Gasteiger partial charge in [-0.05, 0) is 30.3 Å². The number of hydrogen-bond acceptors (Lipinski definition) is 2. The first kappa shape index (κ1) is 14.1. The van der Waals surface area contributed by atoms with E-state index in [1.807, 2.05) is 30.3 Å². The van der Waals surface area contributed by atoms with Crippen LogP contribution < -0.4 is 4.90 Å². The molecule has 21 heavy (non-hydrogen) atoms. The molecule has 1 aliphatic heterocycles. The lowest BCUT2D eigenvalue weighted by Gasteiger charge is -2.18. The third-order valence-corrected chi connectivity index (χ3v) is 3.89. The van der Waals surface area contributed by atoms with Crippen LogP contribution in [-0.2, 0) is 4.79 Å². The van der Waals surface area contributed by atoms with Crippen molar-refractivity contribution in [3.05, 3.63) is 63.6 Å². The van der Waals surface area contributed by atoms with E-state index in [-0.39, 0.29) is 12.5 Å². The maximum Gasteiger partial charge on any atom is 0.248 e. The first-order chi connectivity index (χ1) is 10.1. The highest BCUT2D eigenvalue weighted by atomic mass is 35.5. The number of carbonyl (C=O) groups is 1. The van der Waals surface area contributed by atoms with Gasteiger partial charge in [0.25, 0.3) is 0 Å². The maximum atomic E-state index is 12.1. The third kappa shape index (κ3) is 2.67. The molecular weight excluding hydrogens is 307 g/mol. The fraction of sp³-hybridized carbons (Fsp3) is 0.125. The van der Waals surface area contributed by atoms with E-state index in [1.54, 1.807) is 24.1 Å². The Morgan fingerprint density at radius 3 is 2.62 bits per heavy atom. The molecule has 0 fully saturated rings. The Balaban J connectivity index is 2.23. The van der Waals surface area contributed by atoms with Crippen molar-refractivity contribution in [2.24, 2.45) is 4.99 Å². The number of likely N-dealkylation sites (N-methyl/N-ethyl adjacent to an activating group) is 1. The summed E-state index contributed by atoms with van der Waals surface area (Å²) in [5.41, 5.74) is 3.22. The van der Waals surface area contributed by atoms with Crippen LogP contribution in [0.5, 0.6) is 0 Å². The second-order valence-corrected chi connectivity index (χ2v) is 5.66. The number of rotatable bonds is 1. The molecule has 2 aromatic rings. The number of benzene rings is 2. The summed E-state index contributed by atoms with van der Waals surface area (Å²) < 4.78 is 0. The first-order valence-electron chi connectivity index (χ1n) is 6.43. The molecule has 2 aromatic carbocycles. The van der Waals surface area contributed by atoms with E-state index in [9.17, 15) is 4.79 Å². The third-order valence-electron chi connectivity index (χ3n) is 3.42. The van der Waals surface area contributed by atoms with Crippen molar-refractivity contribution in [3.8, 4) is 0 Å². The molecule has 0 bridgehead atoms. The van der Waals surface area contributed by atoms with Gasteiger partial charge in [-0.2, -0.15) is 0 Å². The molecule has 0 radical (unpaired) electrons. The van der Waals surface area contributed by atoms with Gasteiger partial charge in [-0.1, -0.05) is 35.3 Å². The van der Waals surface area contributed by atoms with E-state index in [1.165, 1.54) is 0 Å². The molecule has 0 saturated carbocycles. The number of hydrogen-bond donors (Lipinski definition) is 0. The van der Waals surface area contributed by atoms with Crippen LogP contribution in [0.15, 0.2) is 47.5 Å². The average Bonchev–Trinajstić information content (AvgIpc) is 2.57. The Labute approximate surface area is 132 Å². The first-order valence-corrected chi connectivity index (χ1v) is 7.19. The van der Waals surface area contributed by atoms with Gasteiger partial charge in [0.2, 0.25) is 5.91 Å². The van der Waals surface area contributed by atoms with Gasteiger partial charge in [0.1, 0.15) is 6.54 Å². The predicted molar refractivity (Wildman–Crippen MR) is 86.8 cm³/mol. The number of amides is 1. The van der Waals surface area contributed by atoms with E-state index in [0.717, 1.165) is 22.5 Å². The fourth-order valence-electron chi connectivity index (χ4n) is 2.35. The molecule has 1 heterocycles. The number of fused-ring (bicyclic) bond motifs is 1. The van der Waals surface area contributed by atoms with Crippen molar-refractivity contribution in [1.82, 2.24) is 0 Å². The Kier molecular flexibility index (Phi) is 3.70. The number of halogens is 2. The van der Waals surface area contributed by atoms with Gasteiger partial charge in [0.15, 0.2) is 0 Å². The second-order valence-electron chi connectivity index (χ2n) is 4.79. The smallest absolute Gasteiger partial charge is 0.248 e. The van der Waals surface area contributed by atoms with Crippen molar-refractivity contribution in [1.29, 1.82) is 0 Å². The molecule has 0 atom stereocenters. The van der Waals surface area contributed by atoms with E-state index in [4.69, 9.17) is 23.2 Å². The maximum absolute atomic E-state index is 12.1. The Morgan fingerprint density at radius 1 is 1.10 bits per heavy atom. The average molecular weight is 319 g/mol. The van der Waals surface area contributed by atoms with Gasteiger partial charge in [0, 0.05) is 28.2 Å². The number of carbonyl (C=O) groups excluding carboxylic acids is 1. The number of aliphatic imine (C=N–C) groups is 1. The molecule has 5 heteroatoms. The van der Waals surface area contributed by atoms with Crippen molar-refractivity contribution in [2.45, 2.75) is 0 Å². The molecule has 0 spiro atoms. The van der Waals surface area contributed by atoms with Gasteiger partial charge >= 0.3 is 0 Å². The molecule has 1 aliphatic rings. The molecule has 0 saturated heterocycles. The monoisotopic (exact) mass is 318 g/mol. The van der Waals surface area contributed by atoms with Crippen LogP contribution in [0.4, 0.5) is 5.69 Å². The standard InChI is InChI=1S/C16H12Cl2N2O/c1-20-14-6-5-12(18)8-13(14)16(19-9-15(20)21)10-3-2-4-11(17)7-10/h2-8H,9H2,1H3. The minimum Gasteiger partial charge on any atom is -0.313 e. The van der Waals surface area contributed by atoms with Crippen molar-refractivity contribution in [2.75, 3.05) is 18.5 Å². The lowest BCUT2D eigenvalue weighted by atomic mass is 10.0. The van der Waals surface area contributed by atoms with Crippen LogP contribution in [0.1, 0.15) is 11.1 Å². The fourth-order valence-corrected chi connectivity index (χ4v) is 2.71. The number of anilines is 1. The topological polar surface area (TPSA) is 32.7 Å². The van der Waals surface area contributed by atoms with Crippen LogP contribution in [-0.4, -0.2) is 25.2 Å². The number of nitrogens with zero attached hydrogens (tertiary/aromatic N) is 2. The lowest BCUT2D eigenvalue weighted by molar-refractivity contribution is -0.116. The summed E-state index contributed by atoms with van der Waals surface area (Å²) in [4.78, 5) is 18.1. The molecule has 0 aliphatic carbocycles. The normalized spacial score (nSPS) is 14.5. The number of benzodiazepines with no additional fused rings is 1. The highest BCUT2D eigenvalue weighted by molar-refractivity contribution is 6.32. The van der Waals surface area contributed by atoms with Crippen LogP contribution >= 0.6 is 23.2 Å². The zero-order valence-electron chi connectivity index (χ0n) is 11.3. The summed E-state index contributed by atoms with van der Waals surface area (Å²) in [7, 11) is 1.74. The van der Waals surface area contributed by atoms with E-state index < -0.39 is 0 Å². The van der Waals surface area contributed by atoms with Crippen molar-refractivity contribution in [3.63, 3.8) is 0 Å².